The summed E-state index contributed by atoms with van der Waals surface area (Å²) in [5.74, 6) is -0.0532. The minimum absolute atomic E-state index is 0.0506. The lowest BCUT2D eigenvalue weighted by atomic mass is 9.94. The molecule has 0 unspecified atom stereocenters. The molecular formula is C14H19FN2O3S. The van der Waals surface area contributed by atoms with Crippen molar-refractivity contribution >= 4 is 15.7 Å². The third-order valence-corrected chi connectivity index (χ3v) is 5.74. The summed E-state index contributed by atoms with van der Waals surface area (Å²) in [4.78, 5) is 1.94. The second kappa shape index (κ2) is 5.55. The van der Waals surface area contributed by atoms with Gasteiger partial charge in [-0.1, -0.05) is 0 Å². The quantitative estimate of drug-likeness (QED) is 0.915. The summed E-state index contributed by atoms with van der Waals surface area (Å²) in [6.45, 7) is 2.28. The van der Waals surface area contributed by atoms with E-state index in [0.29, 0.717) is 17.7 Å². The van der Waals surface area contributed by atoms with Crippen LogP contribution in [0.5, 0.6) is 0 Å². The van der Waals surface area contributed by atoms with Gasteiger partial charge in [0.1, 0.15) is 5.82 Å². The monoisotopic (exact) mass is 314 g/mol. The summed E-state index contributed by atoms with van der Waals surface area (Å²) in [6, 6.07) is 4.08. The number of hydrogen-bond acceptors (Lipinski definition) is 4. The van der Waals surface area contributed by atoms with E-state index >= 15 is 0 Å². The Morgan fingerprint density at radius 2 is 2.19 bits per heavy atom. The third kappa shape index (κ3) is 2.77. The van der Waals surface area contributed by atoms with Gasteiger partial charge in [0.05, 0.1) is 16.7 Å². The highest BCUT2D eigenvalue weighted by Crippen LogP contribution is 2.32. The van der Waals surface area contributed by atoms with Crippen molar-refractivity contribution in [2.45, 2.75) is 23.8 Å². The zero-order valence-electron chi connectivity index (χ0n) is 11.9. The molecule has 2 atom stereocenters. The predicted octanol–water partition coefficient (Wildman–Crippen LogP) is 1.35. The van der Waals surface area contributed by atoms with Crippen LogP contribution in [0.15, 0.2) is 23.1 Å². The summed E-state index contributed by atoms with van der Waals surface area (Å²) in [7, 11) is -2.30. The van der Waals surface area contributed by atoms with Gasteiger partial charge in [-0.3, -0.25) is 0 Å². The lowest BCUT2D eigenvalue weighted by Crippen LogP contribution is -2.41. The molecule has 21 heavy (non-hydrogen) atoms. The summed E-state index contributed by atoms with van der Waals surface area (Å²) in [5.41, 5.74) is 0.468. The average molecular weight is 314 g/mol. The van der Waals surface area contributed by atoms with Crippen molar-refractivity contribution in [1.29, 1.82) is 0 Å². The molecule has 1 N–H and O–H groups in total. The first kappa shape index (κ1) is 14.7. The van der Waals surface area contributed by atoms with Gasteiger partial charge in [0, 0.05) is 25.6 Å². The maximum Gasteiger partial charge on any atom is 0.240 e. The van der Waals surface area contributed by atoms with Crippen LogP contribution in [0.1, 0.15) is 12.8 Å². The maximum atomic E-state index is 14.3. The zero-order valence-corrected chi connectivity index (χ0v) is 12.7. The first-order valence-electron chi connectivity index (χ1n) is 7.11. The summed E-state index contributed by atoms with van der Waals surface area (Å²) >= 11 is 0. The Morgan fingerprint density at radius 1 is 1.38 bits per heavy atom. The summed E-state index contributed by atoms with van der Waals surface area (Å²) in [5, 5.41) is 0. The molecule has 1 aromatic rings. The van der Waals surface area contributed by atoms with Crippen molar-refractivity contribution in [2.75, 3.05) is 31.6 Å². The van der Waals surface area contributed by atoms with Crippen LogP contribution in [0.2, 0.25) is 0 Å². The molecule has 0 aromatic heterocycles. The Hall–Kier alpha value is -1.18. The van der Waals surface area contributed by atoms with Crippen molar-refractivity contribution < 1.29 is 17.5 Å². The van der Waals surface area contributed by atoms with Crippen LogP contribution in [0.25, 0.3) is 0 Å². The van der Waals surface area contributed by atoms with E-state index in [4.69, 9.17) is 4.74 Å². The van der Waals surface area contributed by atoms with Gasteiger partial charge in [0.15, 0.2) is 0 Å². The number of hydrogen-bond donors (Lipinski definition) is 1. The topological polar surface area (TPSA) is 58.6 Å². The van der Waals surface area contributed by atoms with E-state index in [1.165, 1.54) is 13.1 Å². The number of piperidine rings is 1. The number of nitrogens with one attached hydrogen (secondary N) is 1. The lowest BCUT2D eigenvalue weighted by molar-refractivity contribution is 0.0771. The Balaban J connectivity index is 1.83. The van der Waals surface area contributed by atoms with Gasteiger partial charge in [-0.2, -0.15) is 0 Å². The van der Waals surface area contributed by atoms with Crippen LogP contribution in [-0.2, 0) is 14.8 Å². The van der Waals surface area contributed by atoms with E-state index in [-0.39, 0.29) is 4.90 Å². The van der Waals surface area contributed by atoms with Crippen LogP contribution in [-0.4, -0.2) is 41.3 Å². The first-order chi connectivity index (χ1) is 10.0. The number of fused-ring (bicyclic) bond motifs is 1. The first-order valence-corrected chi connectivity index (χ1v) is 8.59. The normalized spacial score (nSPS) is 25.9. The number of rotatable bonds is 3. The fraction of sp³-hybridized carbons (Fsp3) is 0.571. The molecule has 0 saturated carbocycles. The van der Waals surface area contributed by atoms with Gasteiger partial charge in [0.2, 0.25) is 10.0 Å². The van der Waals surface area contributed by atoms with Gasteiger partial charge in [-0.15, -0.1) is 0 Å². The molecule has 1 aromatic carbocycles. The number of anilines is 1. The predicted molar refractivity (Wildman–Crippen MR) is 77.3 cm³/mol. The fourth-order valence-corrected chi connectivity index (χ4v) is 3.87. The molecule has 5 nitrogen and oxygen atoms in total. The fourth-order valence-electron chi connectivity index (χ4n) is 3.13. The molecule has 7 heteroatoms. The van der Waals surface area contributed by atoms with Crippen LogP contribution >= 0.6 is 0 Å². The molecule has 3 rings (SSSR count). The van der Waals surface area contributed by atoms with E-state index < -0.39 is 15.8 Å². The molecule has 2 saturated heterocycles. The molecule has 2 heterocycles. The molecule has 0 aliphatic carbocycles. The van der Waals surface area contributed by atoms with Crippen molar-refractivity contribution in [3.05, 3.63) is 24.0 Å². The number of nitrogens with zero attached hydrogens (tertiary/aromatic N) is 1. The second-order valence-corrected chi connectivity index (χ2v) is 7.40. The molecule has 0 bridgehead atoms. The third-order valence-electron chi connectivity index (χ3n) is 4.32. The van der Waals surface area contributed by atoms with Gasteiger partial charge >= 0.3 is 0 Å². The van der Waals surface area contributed by atoms with E-state index in [1.54, 1.807) is 6.07 Å². The van der Waals surface area contributed by atoms with Crippen LogP contribution < -0.4 is 9.62 Å². The standard InChI is InChI=1S/C14H19FN2O3S/c1-16-21(18,19)11-2-3-13(12(15)8-11)17-6-4-14-10(9-17)5-7-20-14/h2-3,8,10,14,16H,4-7,9H2,1H3/t10-,14+/m0/s1. The SMILES string of the molecule is CNS(=O)(=O)c1ccc(N2CC[C@H]3OCC[C@H]3C2)c(F)c1. The minimum atomic E-state index is -3.61. The minimum Gasteiger partial charge on any atom is -0.378 e. The van der Waals surface area contributed by atoms with Crippen molar-refractivity contribution in [2.24, 2.45) is 5.92 Å². The van der Waals surface area contributed by atoms with E-state index in [1.807, 2.05) is 4.90 Å². The Bertz CT molecular complexity index is 635. The van der Waals surface area contributed by atoms with Gasteiger partial charge in [-0.25, -0.2) is 17.5 Å². The van der Waals surface area contributed by atoms with Crippen molar-refractivity contribution in [1.82, 2.24) is 4.72 Å². The number of benzene rings is 1. The van der Waals surface area contributed by atoms with Gasteiger partial charge < -0.3 is 9.64 Å². The van der Waals surface area contributed by atoms with Crippen LogP contribution in [0.4, 0.5) is 10.1 Å². The van der Waals surface area contributed by atoms with Crippen LogP contribution in [0, 0.1) is 11.7 Å². The highest BCUT2D eigenvalue weighted by molar-refractivity contribution is 7.89. The molecular weight excluding hydrogens is 295 g/mol. The lowest BCUT2D eigenvalue weighted by Gasteiger charge is -2.35. The second-order valence-electron chi connectivity index (χ2n) is 5.51. The average Bonchev–Trinajstić information content (AvgIpc) is 2.94. The highest BCUT2D eigenvalue weighted by atomic mass is 32.2. The number of halogens is 1. The number of ether oxygens (including phenoxy) is 1. The smallest absolute Gasteiger partial charge is 0.240 e. The van der Waals surface area contributed by atoms with Gasteiger partial charge in [0.25, 0.3) is 0 Å². The van der Waals surface area contributed by atoms with Crippen molar-refractivity contribution in [3.8, 4) is 0 Å². The molecule has 116 valence electrons. The molecule has 2 aliphatic heterocycles. The zero-order chi connectivity index (χ0) is 15.0. The van der Waals surface area contributed by atoms with Crippen LogP contribution in [0.3, 0.4) is 0 Å². The molecule has 0 spiro atoms. The number of sulfonamides is 1. The van der Waals surface area contributed by atoms with E-state index in [9.17, 15) is 12.8 Å². The maximum absolute atomic E-state index is 14.3. The van der Waals surface area contributed by atoms with Gasteiger partial charge in [-0.05, 0) is 38.1 Å². The molecule has 2 fully saturated rings. The molecule has 0 amide bonds. The Kier molecular flexibility index (Phi) is 3.90. The van der Waals surface area contributed by atoms with E-state index in [2.05, 4.69) is 4.72 Å². The largest absolute Gasteiger partial charge is 0.378 e. The summed E-state index contributed by atoms with van der Waals surface area (Å²) < 4.78 is 45.5. The van der Waals surface area contributed by atoms with E-state index in [0.717, 1.165) is 38.6 Å². The Morgan fingerprint density at radius 3 is 2.90 bits per heavy atom. The summed E-state index contributed by atoms with van der Waals surface area (Å²) in [6.07, 6.45) is 2.20. The Labute approximate surface area is 124 Å². The molecule has 2 aliphatic rings. The highest BCUT2D eigenvalue weighted by Gasteiger charge is 2.34. The molecule has 0 radical (unpaired) electrons. The van der Waals surface area contributed by atoms with Crippen molar-refractivity contribution in [3.63, 3.8) is 0 Å².